The molecule has 5 aliphatic rings. The Morgan fingerprint density at radius 3 is 2.40 bits per heavy atom. The van der Waals surface area contributed by atoms with Gasteiger partial charge in [0.25, 0.3) is 0 Å². The van der Waals surface area contributed by atoms with Crippen molar-refractivity contribution in [1.82, 2.24) is 0 Å². The normalized spacial score (nSPS) is 42.7. The average molecular weight is 663 g/mol. The molecule has 0 aromatic rings. The van der Waals surface area contributed by atoms with Gasteiger partial charge in [0.15, 0.2) is 12.4 Å². The fourth-order valence-electron chi connectivity index (χ4n) is 10.2. The van der Waals surface area contributed by atoms with E-state index in [2.05, 4.69) is 13.5 Å². The number of aliphatic hydroxyl groups is 1. The van der Waals surface area contributed by atoms with Crippen molar-refractivity contribution in [3.8, 4) is 0 Å². The van der Waals surface area contributed by atoms with Gasteiger partial charge in [0.05, 0.1) is 37.1 Å². The molecule has 0 aromatic carbocycles. The zero-order valence-electron chi connectivity index (χ0n) is 28.5. The Hall–Kier alpha value is -2.50. The summed E-state index contributed by atoms with van der Waals surface area (Å²) in [4.78, 5) is 48.9. The summed E-state index contributed by atoms with van der Waals surface area (Å²) in [5.74, 6) is -3.60. The molecule has 1 heterocycles. The minimum atomic E-state index is -1.09. The number of carboxylic acids is 2. The molecular formula is C36H54O11. The molecule has 11 nitrogen and oxygen atoms in total. The van der Waals surface area contributed by atoms with Gasteiger partial charge in [-0.05, 0) is 85.5 Å². The number of esters is 2. The van der Waals surface area contributed by atoms with E-state index in [1.807, 2.05) is 27.7 Å². The van der Waals surface area contributed by atoms with Crippen molar-refractivity contribution in [2.24, 2.45) is 52.3 Å². The number of hydrogen-bond donors (Lipinski definition) is 3. The summed E-state index contributed by atoms with van der Waals surface area (Å²) in [6, 6.07) is 0. The molecule has 12 unspecified atom stereocenters. The lowest BCUT2D eigenvalue weighted by atomic mass is 9.43. The second-order valence-electron chi connectivity index (χ2n) is 15.9. The van der Waals surface area contributed by atoms with Crippen molar-refractivity contribution in [1.29, 1.82) is 0 Å². The first kappa shape index (κ1) is 35.8. The first-order valence-electron chi connectivity index (χ1n) is 17.5. The predicted molar refractivity (Wildman–Crippen MR) is 169 cm³/mol. The van der Waals surface area contributed by atoms with Crippen LogP contribution in [0.1, 0.15) is 98.8 Å². The molecule has 1 aliphatic heterocycles. The van der Waals surface area contributed by atoms with Gasteiger partial charge in [0.2, 0.25) is 0 Å². The molecule has 0 amide bonds. The SMILES string of the molecule is C=C1C2CCC3C4(C)CC(OC5OC(COC(=O)CCC(=O)O)C(C)[C@@H](C)C5OC(=O)CC(C)C)CC(C(=O)O)C4CCC3(C2)C1O. The van der Waals surface area contributed by atoms with Crippen molar-refractivity contribution in [2.45, 2.75) is 130 Å². The number of aliphatic carboxylic acids is 2. The van der Waals surface area contributed by atoms with Gasteiger partial charge in [0.1, 0.15) is 6.61 Å². The van der Waals surface area contributed by atoms with E-state index in [9.17, 15) is 29.4 Å². The van der Waals surface area contributed by atoms with Crippen LogP contribution in [-0.2, 0) is 38.1 Å². The van der Waals surface area contributed by atoms with Crippen LogP contribution in [0.3, 0.4) is 0 Å². The van der Waals surface area contributed by atoms with Gasteiger partial charge in [-0.15, -0.1) is 0 Å². The van der Waals surface area contributed by atoms with E-state index in [4.69, 9.17) is 24.1 Å². The molecule has 5 rings (SSSR count). The Morgan fingerprint density at radius 1 is 1.02 bits per heavy atom. The molecule has 47 heavy (non-hydrogen) atoms. The van der Waals surface area contributed by atoms with Gasteiger partial charge in [-0.25, -0.2) is 0 Å². The van der Waals surface area contributed by atoms with Crippen LogP contribution in [0.5, 0.6) is 0 Å². The molecule has 4 saturated carbocycles. The van der Waals surface area contributed by atoms with Crippen molar-refractivity contribution in [3.05, 3.63) is 12.2 Å². The van der Waals surface area contributed by atoms with E-state index in [-0.39, 0.29) is 66.8 Å². The summed E-state index contributed by atoms with van der Waals surface area (Å²) in [6.45, 7) is 14.0. The van der Waals surface area contributed by atoms with Gasteiger partial charge in [0, 0.05) is 17.8 Å². The van der Waals surface area contributed by atoms with Crippen LogP contribution in [0.2, 0.25) is 0 Å². The standard InChI is InChI=1S/C36H54O11/c1-18(2)13-30(40)47-31-20(4)19(3)26(17-44-29(39)10-9-28(37)38)46-34(31)45-23-14-24(33(42)43)25-11-12-36-15-22(21(5)32(36)41)7-8-27(36)35(25,6)16-23/h18-20,22-27,31-32,34,41H,5,7-17H2,1-4,6H3,(H,37,38)(H,42,43)/t19?,20-,22?,23?,24?,25?,26?,27?,31?,32?,34?,35?,36?/m1/s1. The van der Waals surface area contributed by atoms with Gasteiger partial charge in [-0.1, -0.05) is 41.2 Å². The number of carbonyl (C=O) groups is 4. The smallest absolute Gasteiger partial charge is 0.306 e. The van der Waals surface area contributed by atoms with Crippen molar-refractivity contribution < 1.29 is 53.4 Å². The molecule has 2 bridgehead atoms. The highest BCUT2D eigenvalue weighted by Crippen LogP contribution is 2.70. The molecule has 11 heteroatoms. The number of carbonyl (C=O) groups excluding carboxylic acids is 2. The van der Waals surface area contributed by atoms with E-state index < -0.39 is 59.9 Å². The zero-order chi connectivity index (χ0) is 34.4. The van der Waals surface area contributed by atoms with Crippen LogP contribution < -0.4 is 0 Å². The predicted octanol–water partition coefficient (Wildman–Crippen LogP) is 4.98. The van der Waals surface area contributed by atoms with Crippen LogP contribution >= 0.6 is 0 Å². The Morgan fingerprint density at radius 2 is 1.74 bits per heavy atom. The summed E-state index contributed by atoms with van der Waals surface area (Å²) >= 11 is 0. The number of rotatable bonds is 11. The van der Waals surface area contributed by atoms with E-state index in [0.29, 0.717) is 18.8 Å². The quantitative estimate of drug-likeness (QED) is 0.155. The fraction of sp³-hybridized carbons (Fsp3) is 0.833. The third kappa shape index (κ3) is 6.86. The monoisotopic (exact) mass is 662 g/mol. The summed E-state index contributed by atoms with van der Waals surface area (Å²) < 4.78 is 24.6. The number of carboxylic acid groups (broad SMARTS) is 2. The number of hydrogen-bond acceptors (Lipinski definition) is 9. The van der Waals surface area contributed by atoms with Crippen LogP contribution in [-0.4, -0.2) is 76.5 Å². The van der Waals surface area contributed by atoms with Gasteiger partial charge < -0.3 is 34.3 Å². The second kappa shape index (κ2) is 13.8. The second-order valence-corrected chi connectivity index (χ2v) is 15.9. The third-order valence-corrected chi connectivity index (χ3v) is 12.7. The highest BCUT2D eigenvalue weighted by atomic mass is 16.7. The first-order chi connectivity index (χ1) is 22.1. The Bertz CT molecular complexity index is 1230. The number of ether oxygens (including phenoxy) is 4. The molecular weight excluding hydrogens is 608 g/mol. The highest BCUT2D eigenvalue weighted by Gasteiger charge is 2.67. The molecule has 3 N–H and O–H groups in total. The van der Waals surface area contributed by atoms with Crippen LogP contribution in [0.25, 0.3) is 0 Å². The van der Waals surface area contributed by atoms with E-state index >= 15 is 0 Å². The highest BCUT2D eigenvalue weighted by molar-refractivity contribution is 5.76. The Labute approximate surface area is 277 Å². The first-order valence-corrected chi connectivity index (χ1v) is 17.5. The maximum Gasteiger partial charge on any atom is 0.306 e. The third-order valence-electron chi connectivity index (χ3n) is 12.7. The van der Waals surface area contributed by atoms with Crippen molar-refractivity contribution in [2.75, 3.05) is 6.61 Å². The maximum absolute atomic E-state index is 12.9. The Balaban J connectivity index is 1.39. The largest absolute Gasteiger partial charge is 0.481 e. The molecule has 0 aromatic heterocycles. The summed E-state index contributed by atoms with van der Waals surface area (Å²) in [5.41, 5.74) is 0.218. The molecule has 0 radical (unpaired) electrons. The maximum atomic E-state index is 12.9. The lowest BCUT2D eigenvalue weighted by Crippen LogP contribution is -2.60. The van der Waals surface area contributed by atoms with Crippen molar-refractivity contribution in [3.63, 3.8) is 0 Å². The minimum Gasteiger partial charge on any atom is -0.481 e. The number of aliphatic hydroxyl groups excluding tert-OH is 1. The average Bonchev–Trinajstić information content (AvgIpc) is 3.17. The molecule has 1 saturated heterocycles. The summed E-state index contributed by atoms with van der Waals surface area (Å²) in [6.07, 6.45) is 1.27. The van der Waals surface area contributed by atoms with E-state index in [1.165, 1.54) is 0 Å². The van der Waals surface area contributed by atoms with Crippen LogP contribution in [0.15, 0.2) is 12.2 Å². The van der Waals surface area contributed by atoms with E-state index in [0.717, 1.165) is 37.7 Å². The molecule has 264 valence electrons. The minimum absolute atomic E-state index is 0.0584. The molecule has 13 atom stereocenters. The van der Waals surface area contributed by atoms with Gasteiger partial charge >= 0.3 is 23.9 Å². The van der Waals surface area contributed by atoms with Crippen molar-refractivity contribution >= 4 is 23.9 Å². The molecule has 4 aliphatic carbocycles. The fourth-order valence-corrected chi connectivity index (χ4v) is 10.2. The summed E-state index contributed by atoms with van der Waals surface area (Å²) in [5, 5.41) is 30.9. The number of fused-ring (bicyclic) bond motifs is 3. The molecule has 5 fully saturated rings. The van der Waals surface area contributed by atoms with Gasteiger partial charge in [-0.2, -0.15) is 0 Å². The lowest BCUT2D eigenvalue weighted by molar-refractivity contribution is -0.303. The van der Waals surface area contributed by atoms with Gasteiger partial charge in [-0.3, -0.25) is 19.2 Å². The topological polar surface area (TPSA) is 166 Å². The lowest BCUT2D eigenvalue weighted by Gasteiger charge is -2.62. The zero-order valence-corrected chi connectivity index (χ0v) is 28.5. The Kier molecular flexibility index (Phi) is 10.5. The van der Waals surface area contributed by atoms with Crippen LogP contribution in [0, 0.1) is 52.3 Å². The summed E-state index contributed by atoms with van der Waals surface area (Å²) in [7, 11) is 0. The van der Waals surface area contributed by atoms with Crippen LogP contribution in [0.4, 0.5) is 0 Å². The molecule has 1 spiro atoms. The van der Waals surface area contributed by atoms with E-state index in [1.54, 1.807) is 0 Å².